The van der Waals surface area contributed by atoms with Crippen LogP contribution in [0, 0.1) is 0 Å². The highest BCUT2D eigenvalue weighted by Gasteiger charge is 2.35. The molecule has 1 atom stereocenters. The fourth-order valence-corrected chi connectivity index (χ4v) is 2.67. The van der Waals surface area contributed by atoms with E-state index in [2.05, 4.69) is 15.3 Å². The van der Waals surface area contributed by atoms with Gasteiger partial charge in [-0.15, -0.1) is 10.2 Å². The molecule has 1 aromatic heterocycles. The van der Waals surface area contributed by atoms with Gasteiger partial charge >= 0.3 is 0 Å². The van der Waals surface area contributed by atoms with E-state index in [1.807, 2.05) is 30.3 Å². The smallest absolute Gasteiger partial charge is 0.243 e. The minimum Gasteiger partial charge on any atom is -0.444 e. The minimum atomic E-state index is -0.768. The van der Waals surface area contributed by atoms with E-state index in [4.69, 9.17) is 16.3 Å². The van der Waals surface area contributed by atoms with Gasteiger partial charge in [0.2, 0.25) is 18.0 Å². The molecule has 0 bridgehead atoms. The van der Waals surface area contributed by atoms with E-state index in [-0.39, 0.29) is 5.91 Å². The minimum absolute atomic E-state index is 0.256. The predicted octanol–water partition coefficient (Wildman–Crippen LogP) is 3.16. The van der Waals surface area contributed by atoms with E-state index in [0.29, 0.717) is 16.6 Å². The predicted molar refractivity (Wildman–Crippen MR) is 95.7 cm³/mol. The molecule has 1 aliphatic rings. The Kier molecular flexibility index (Phi) is 4.14. The summed E-state index contributed by atoms with van der Waals surface area (Å²) in [5.74, 6) is 0.0735. The zero-order valence-electron chi connectivity index (χ0n) is 13.8. The molecule has 4 rings (SSSR count). The second-order valence-electron chi connectivity index (χ2n) is 5.64. The number of halogens is 1. The van der Waals surface area contributed by atoms with Crippen molar-refractivity contribution in [1.82, 2.24) is 20.0 Å². The molecule has 0 radical (unpaired) electrons. The topological polar surface area (TPSA) is 72.6 Å². The maximum Gasteiger partial charge on any atom is 0.243 e. The lowest BCUT2D eigenvalue weighted by atomic mass is 10.2. The van der Waals surface area contributed by atoms with Crippen LogP contribution in [-0.4, -0.2) is 31.8 Å². The summed E-state index contributed by atoms with van der Waals surface area (Å²) < 4.78 is 5.89. The average molecular weight is 368 g/mol. The van der Waals surface area contributed by atoms with Crippen LogP contribution in [0.3, 0.4) is 0 Å². The Hall–Kier alpha value is -3.19. The van der Waals surface area contributed by atoms with Crippen LogP contribution in [0.25, 0.3) is 5.69 Å². The van der Waals surface area contributed by atoms with Crippen molar-refractivity contribution >= 4 is 23.4 Å². The zero-order valence-corrected chi connectivity index (χ0v) is 14.5. The van der Waals surface area contributed by atoms with Crippen LogP contribution in [0.5, 0.6) is 0 Å². The Bertz CT molecular complexity index is 969. The molecule has 26 heavy (non-hydrogen) atoms. The highest BCUT2D eigenvalue weighted by atomic mass is 35.5. The Morgan fingerprint density at radius 3 is 2.54 bits per heavy atom. The number of carbonyl (C=O) groups excluding carboxylic acids is 1. The fourth-order valence-electron chi connectivity index (χ4n) is 2.54. The van der Waals surface area contributed by atoms with Crippen molar-refractivity contribution < 1.29 is 9.53 Å². The Labute approximate surface area is 154 Å². The zero-order chi connectivity index (χ0) is 18.1. The first-order valence-corrected chi connectivity index (χ1v) is 8.28. The van der Waals surface area contributed by atoms with E-state index in [1.165, 1.54) is 16.7 Å². The maximum absolute atomic E-state index is 12.0. The molecule has 2 aromatic carbocycles. The van der Waals surface area contributed by atoms with Gasteiger partial charge in [0.05, 0.1) is 11.9 Å². The normalized spacial score (nSPS) is 16.3. The van der Waals surface area contributed by atoms with E-state index in [9.17, 15) is 4.79 Å². The van der Waals surface area contributed by atoms with Crippen LogP contribution in [0.1, 0.15) is 24.4 Å². The molecule has 3 aromatic rings. The summed E-state index contributed by atoms with van der Waals surface area (Å²) >= 11 is 5.92. The fraction of sp³-hybridized carbons (Fsp3) is 0.111. The van der Waals surface area contributed by atoms with Gasteiger partial charge in [0.25, 0.3) is 0 Å². The number of hydrogen-bond donors (Lipinski definition) is 0. The van der Waals surface area contributed by atoms with Gasteiger partial charge in [-0.05, 0) is 36.4 Å². The van der Waals surface area contributed by atoms with Gasteiger partial charge in [-0.2, -0.15) is 14.9 Å². The maximum atomic E-state index is 12.0. The van der Waals surface area contributed by atoms with Gasteiger partial charge in [-0.3, -0.25) is 4.79 Å². The van der Waals surface area contributed by atoms with Crippen molar-refractivity contribution in [3.05, 3.63) is 77.1 Å². The SMILES string of the molecule is CC(=O)N1N=C(c2ccc(Cl)cc2)OC1c1cnn(-c2ccccc2)n1. The number of hydrazone groups is 1. The van der Waals surface area contributed by atoms with Crippen LogP contribution < -0.4 is 0 Å². The third kappa shape index (κ3) is 3.04. The first-order chi connectivity index (χ1) is 12.6. The summed E-state index contributed by atoms with van der Waals surface area (Å²) in [6, 6.07) is 16.5. The van der Waals surface area contributed by atoms with Crippen LogP contribution in [0.4, 0.5) is 0 Å². The number of nitrogens with zero attached hydrogens (tertiary/aromatic N) is 5. The molecule has 0 saturated carbocycles. The van der Waals surface area contributed by atoms with Gasteiger partial charge in [0.1, 0.15) is 5.69 Å². The van der Waals surface area contributed by atoms with E-state index in [1.54, 1.807) is 30.5 Å². The van der Waals surface area contributed by atoms with E-state index >= 15 is 0 Å². The van der Waals surface area contributed by atoms with E-state index in [0.717, 1.165) is 11.3 Å². The van der Waals surface area contributed by atoms with Gasteiger partial charge in [0, 0.05) is 17.5 Å². The van der Waals surface area contributed by atoms with Gasteiger partial charge < -0.3 is 4.74 Å². The highest BCUT2D eigenvalue weighted by molar-refractivity contribution is 6.30. The Balaban J connectivity index is 1.63. The summed E-state index contributed by atoms with van der Waals surface area (Å²) in [6.45, 7) is 1.42. The van der Waals surface area contributed by atoms with Gasteiger partial charge in [-0.1, -0.05) is 29.8 Å². The molecular formula is C18H14ClN5O2. The summed E-state index contributed by atoms with van der Waals surface area (Å²) in [5.41, 5.74) is 2.01. The largest absolute Gasteiger partial charge is 0.444 e. The Morgan fingerprint density at radius 2 is 1.85 bits per heavy atom. The second-order valence-corrected chi connectivity index (χ2v) is 6.08. The molecule has 0 fully saturated rings. The number of aromatic nitrogens is 3. The summed E-state index contributed by atoms with van der Waals surface area (Å²) in [5, 5.41) is 14.8. The standard InChI is InChI=1S/C18H14ClN5O2/c1-12(25)23-18(26-17(22-23)13-7-9-14(19)10-8-13)16-11-20-24(21-16)15-5-3-2-4-6-15/h2-11,18H,1H3. The lowest BCUT2D eigenvalue weighted by Crippen LogP contribution is -2.25. The first-order valence-electron chi connectivity index (χ1n) is 7.90. The van der Waals surface area contributed by atoms with Crippen LogP contribution >= 0.6 is 11.6 Å². The van der Waals surface area contributed by atoms with Crippen molar-refractivity contribution in [2.24, 2.45) is 5.10 Å². The second kappa shape index (κ2) is 6.61. The lowest BCUT2D eigenvalue weighted by molar-refractivity contribution is -0.135. The summed E-state index contributed by atoms with van der Waals surface area (Å²) in [7, 11) is 0. The molecule has 0 saturated heterocycles. The molecule has 7 nitrogen and oxygen atoms in total. The number of benzene rings is 2. The third-order valence-electron chi connectivity index (χ3n) is 3.81. The molecule has 8 heteroatoms. The molecule has 1 amide bonds. The molecule has 1 aliphatic heterocycles. The van der Waals surface area contributed by atoms with Crippen molar-refractivity contribution in [3.63, 3.8) is 0 Å². The number of amides is 1. The number of rotatable bonds is 3. The van der Waals surface area contributed by atoms with Crippen molar-refractivity contribution in [1.29, 1.82) is 0 Å². The number of para-hydroxylation sites is 1. The average Bonchev–Trinajstić information content (AvgIpc) is 3.30. The van der Waals surface area contributed by atoms with Crippen LogP contribution in [0.2, 0.25) is 5.02 Å². The van der Waals surface area contributed by atoms with Crippen molar-refractivity contribution in [2.45, 2.75) is 13.2 Å². The highest BCUT2D eigenvalue weighted by Crippen LogP contribution is 2.29. The van der Waals surface area contributed by atoms with Crippen molar-refractivity contribution in [3.8, 4) is 5.69 Å². The van der Waals surface area contributed by atoms with E-state index < -0.39 is 6.23 Å². The number of carbonyl (C=O) groups is 1. The molecule has 0 aliphatic carbocycles. The van der Waals surface area contributed by atoms with Gasteiger partial charge in [0.15, 0.2) is 0 Å². The van der Waals surface area contributed by atoms with Gasteiger partial charge in [-0.25, -0.2) is 0 Å². The summed E-state index contributed by atoms with van der Waals surface area (Å²) in [6.07, 6.45) is 0.795. The molecule has 2 heterocycles. The Morgan fingerprint density at radius 1 is 1.12 bits per heavy atom. The van der Waals surface area contributed by atoms with Crippen LogP contribution in [0.15, 0.2) is 65.9 Å². The molecule has 0 spiro atoms. The lowest BCUT2D eigenvalue weighted by Gasteiger charge is -2.16. The van der Waals surface area contributed by atoms with Crippen molar-refractivity contribution in [2.75, 3.05) is 0 Å². The molecule has 1 unspecified atom stereocenters. The number of hydrogen-bond acceptors (Lipinski definition) is 5. The van der Waals surface area contributed by atoms with Crippen LogP contribution in [-0.2, 0) is 9.53 Å². The third-order valence-corrected chi connectivity index (χ3v) is 4.06. The molecule has 0 N–H and O–H groups in total. The number of ether oxygens (including phenoxy) is 1. The molecule has 130 valence electrons. The summed E-state index contributed by atoms with van der Waals surface area (Å²) in [4.78, 5) is 13.5. The monoisotopic (exact) mass is 367 g/mol. The quantitative estimate of drug-likeness (QED) is 0.712. The molecular weight excluding hydrogens is 354 g/mol. The first kappa shape index (κ1) is 16.3.